The van der Waals surface area contributed by atoms with Crippen molar-refractivity contribution in [3.05, 3.63) is 69.2 Å². The van der Waals surface area contributed by atoms with E-state index in [9.17, 15) is 14.7 Å². The average Bonchev–Trinajstić information content (AvgIpc) is 3.08. The van der Waals surface area contributed by atoms with E-state index >= 15 is 0 Å². The lowest BCUT2D eigenvalue weighted by Crippen LogP contribution is -2.33. The molecule has 1 aliphatic heterocycles. The van der Waals surface area contributed by atoms with Gasteiger partial charge in [-0.3, -0.25) is 9.59 Å². The Hall–Kier alpha value is -2.54. The molecule has 1 heterocycles. The molecule has 3 rings (SSSR count). The van der Waals surface area contributed by atoms with Gasteiger partial charge in [0.1, 0.15) is 11.5 Å². The molecule has 0 spiro atoms. The first-order valence-corrected chi connectivity index (χ1v) is 12.3. The zero-order chi connectivity index (χ0) is 24.8. The standard InChI is InChI=1S/C26H30Cl2N2O4/c1-4-29(5-2)14-7-15-30-23(17-8-11-19(27)12-9-17)22(25(32)26(30)33)24(31)18-10-13-21(34-6-3)20(28)16-18/h8-13,16,23,31H,4-7,14-15H2,1-3H3/b24-22+/t23-/m0/s1. The fourth-order valence-electron chi connectivity index (χ4n) is 4.18. The van der Waals surface area contributed by atoms with Crippen LogP contribution in [-0.2, 0) is 9.59 Å². The van der Waals surface area contributed by atoms with E-state index in [0.29, 0.717) is 46.5 Å². The molecule has 2 aromatic rings. The third-order valence-corrected chi connectivity index (χ3v) is 6.55. The lowest BCUT2D eigenvalue weighted by atomic mass is 9.95. The van der Waals surface area contributed by atoms with Gasteiger partial charge in [0.25, 0.3) is 11.7 Å². The van der Waals surface area contributed by atoms with E-state index < -0.39 is 17.7 Å². The van der Waals surface area contributed by atoms with Gasteiger partial charge in [-0.15, -0.1) is 0 Å². The van der Waals surface area contributed by atoms with Gasteiger partial charge >= 0.3 is 0 Å². The van der Waals surface area contributed by atoms with E-state index in [-0.39, 0.29) is 11.3 Å². The smallest absolute Gasteiger partial charge is 0.295 e. The number of aliphatic hydroxyl groups is 1. The Morgan fingerprint density at radius 2 is 1.74 bits per heavy atom. The van der Waals surface area contributed by atoms with Gasteiger partial charge in [-0.05, 0) is 68.9 Å². The third-order valence-electron chi connectivity index (χ3n) is 6.00. The van der Waals surface area contributed by atoms with Crippen LogP contribution in [0.15, 0.2) is 48.0 Å². The molecule has 1 saturated heterocycles. The van der Waals surface area contributed by atoms with Gasteiger partial charge in [-0.1, -0.05) is 49.2 Å². The summed E-state index contributed by atoms with van der Waals surface area (Å²) in [6, 6.07) is 11.0. The highest BCUT2D eigenvalue weighted by atomic mass is 35.5. The summed E-state index contributed by atoms with van der Waals surface area (Å²) in [6.45, 7) is 9.48. The summed E-state index contributed by atoms with van der Waals surface area (Å²) < 4.78 is 5.46. The molecule has 1 atom stereocenters. The number of hydrogen-bond donors (Lipinski definition) is 1. The van der Waals surface area contributed by atoms with Crippen LogP contribution in [0.3, 0.4) is 0 Å². The predicted molar refractivity (Wildman–Crippen MR) is 135 cm³/mol. The minimum atomic E-state index is -0.723. The highest BCUT2D eigenvalue weighted by molar-refractivity contribution is 6.46. The van der Waals surface area contributed by atoms with Crippen molar-refractivity contribution < 1.29 is 19.4 Å². The van der Waals surface area contributed by atoms with Crippen molar-refractivity contribution in [3.8, 4) is 5.75 Å². The summed E-state index contributed by atoms with van der Waals surface area (Å²) >= 11 is 12.4. The highest BCUT2D eigenvalue weighted by Crippen LogP contribution is 2.40. The average molecular weight is 505 g/mol. The second kappa shape index (κ2) is 11.7. The number of ether oxygens (including phenoxy) is 1. The minimum Gasteiger partial charge on any atom is -0.507 e. The summed E-state index contributed by atoms with van der Waals surface area (Å²) in [5.74, 6) is -1.13. The van der Waals surface area contributed by atoms with Crippen molar-refractivity contribution in [1.29, 1.82) is 0 Å². The van der Waals surface area contributed by atoms with Crippen molar-refractivity contribution in [3.63, 3.8) is 0 Å². The number of carbonyl (C=O) groups is 2. The predicted octanol–water partition coefficient (Wildman–Crippen LogP) is 5.55. The van der Waals surface area contributed by atoms with Gasteiger partial charge in [0.15, 0.2) is 0 Å². The van der Waals surface area contributed by atoms with E-state index in [1.54, 1.807) is 36.4 Å². The van der Waals surface area contributed by atoms with Gasteiger partial charge < -0.3 is 19.6 Å². The number of Topliss-reactive ketones (excluding diaryl/α,β-unsaturated/α-hetero) is 1. The molecule has 6 nitrogen and oxygen atoms in total. The summed E-state index contributed by atoms with van der Waals surface area (Å²) in [6.07, 6.45) is 0.702. The minimum absolute atomic E-state index is 0.0374. The maximum absolute atomic E-state index is 13.1. The molecular formula is C26H30Cl2N2O4. The molecule has 2 aromatic carbocycles. The first kappa shape index (κ1) is 26.1. The number of nitrogens with zero attached hydrogens (tertiary/aromatic N) is 2. The lowest BCUT2D eigenvalue weighted by molar-refractivity contribution is -0.140. The van der Waals surface area contributed by atoms with Crippen molar-refractivity contribution in [1.82, 2.24) is 9.80 Å². The second-order valence-electron chi connectivity index (χ2n) is 8.00. The number of likely N-dealkylation sites (tertiary alicyclic amines) is 1. The fourth-order valence-corrected chi connectivity index (χ4v) is 4.54. The zero-order valence-electron chi connectivity index (χ0n) is 19.7. The van der Waals surface area contributed by atoms with Gasteiger partial charge in [0.05, 0.1) is 23.2 Å². The first-order chi connectivity index (χ1) is 16.3. The van der Waals surface area contributed by atoms with Crippen LogP contribution < -0.4 is 4.74 Å². The molecule has 182 valence electrons. The highest BCUT2D eigenvalue weighted by Gasteiger charge is 2.45. The quantitative estimate of drug-likeness (QED) is 0.261. The number of carbonyl (C=O) groups excluding carboxylic acids is 2. The number of aliphatic hydroxyl groups excluding tert-OH is 1. The molecule has 1 amide bonds. The third kappa shape index (κ3) is 5.57. The number of rotatable bonds is 10. The van der Waals surface area contributed by atoms with Crippen molar-refractivity contribution in [2.24, 2.45) is 0 Å². The summed E-state index contributed by atoms with van der Waals surface area (Å²) in [4.78, 5) is 30.0. The Labute approximate surface area is 210 Å². The Morgan fingerprint density at radius 1 is 1.06 bits per heavy atom. The lowest BCUT2D eigenvalue weighted by Gasteiger charge is -2.27. The fraction of sp³-hybridized carbons (Fsp3) is 0.385. The Balaban J connectivity index is 2.03. The largest absolute Gasteiger partial charge is 0.507 e. The van der Waals surface area contributed by atoms with Crippen LogP contribution in [0.4, 0.5) is 0 Å². The number of benzene rings is 2. The van der Waals surface area contributed by atoms with Gasteiger partial charge in [0.2, 0.25) is 0 Å². The molecule has 0 saturated carbocycles. The molecule has 1 fully saturated rings. The van der Waals surface area contributed by atoms with Crippen molar-refractivity contribution in [2.75, 3.05) is 32.8 Å². The molecule has 34 heavy (non-hydrogen) atoms. The monoisotopic (exact) mass is 504 g/mol. The Morgan fingerprint density at radius 3 is 2.32 bits per heavy atom. The van der Waals surface area contributed by atoms with E-state index in [1.165, 1.54) is 11.0 Å². The summed E-state index contributed by atoms with van der Waals surface area (Å²) in [7, 11) is 0. The van der Waals surface area contributed by atoms with Crippen molar-refractivity contribution in [2.45, 2.75) is 33.2 Å². The van der Waals surface area contributed by atoms with Crippen LogP contribution in [0.1, 0.15) is 44.4 Å². The molecule has 0 unspecified atom stereocenters. The number of amides is 1. The van der Waals surface area contributed by atoms with Gasteiger partial charge in [-0.2, -0.15) is 0 Å². The van der Waals surface area contributed by atoms with Crippen LogP contribution in [-0.4, -0.2) is 59.4 Å². The Bertz CT molecular complexity index is 1060. The van der Waals surface area contributed by atoms with Crippen LogP contribution in [0.5, 0.6) is 5.75 Å². The molecule has 0 aromatic heterocycles. The normalized spacial score (nSPS) is 17.6. The maximum Gasteiger partial charge on any atom is 0.295 e. The summed E-state index contributed by atoms with van der Waals surface area (Å²) in [5.41, 5.74) is 1.08. The molecule has 0 aliphatic carbocycles. The van der Waals surface area contributed by atoms with E-state index in [2.05, 4.69) is 18.7 Å². The number of hydrogen-bond acceptors (Lipinski definition) is 5. The van der Waals surface area contributed by atoms with Gasteiger partial charge in [-0.25, -0.2) is 0 Å². The molecular weight excluding hydrogens is 475 g/mol. The van der Waals surface area contributed by atoms with Crippen LogP contribution in [0.25, 0.3) is 5.76 Å². The van der Waals surface area contributed by atoms with E-state index in [4.69, 9.17) is 27.9 Å². The molecule has 8 heteroatoms. The molecule has 0 radical (unpaired) electrons. The maximum atomic E-state index is 13.1. The van der Waals surface area contributed by atoms with Crippen LogP contribution in [0, 0.1) is 0 Å². The summed E-state index contributed by atoms with van der Waals surface area (Å²) in [5, 5.41) is 12.0. The van der Waals surface area contributed by atoms with Crippen LogP contribution >= 0.6 is 23.2 Å². The second-order valence-corrected chi connectivity index (χ2v) is 8.85. The number of halogens is 2. The molecule has 1 N–H and O–H groups in total. The van der Waals surface area contributed by atoms with Crippen LogP contribution in [0.2, 0.25) is 10.0 Å². The Kier molecular flexibility index (Phi) is 9.00. The van der Waals surface area contributed by atoms with E-state index in [0.717, 1.165) is 19.6 Å². The first-order valence-electron chi connectivity index (χ1n) is 11.5. The topological polar surface area (TPSA) is 70.1 Å². The number of ketones is 1. The van der Waals surface area contributed by atoms with Gasteiger partial charge in [0, 0.05) is 17.1 Å². The van der Waals surface area contributed by atoms with Crippen molar-refractivity contribution >= 4 is 40.7 Å². The van der Waals surface area contributed by atoms with E-state index in [1.807, 2.05) is 6.92 Å². The molecule has 1 aliphatic rings. The molecule has 0 bridgehead atoms. The SMILES string of the molecule is CCOc1ccc(/C(O)=C2\C(=O)C(=O)N(CCCN(CC)CC)[C@H]2c2ccc(Cl)cc2)cc1Cl. The zero-order valence-corrected chi connectivity index (χ0v) is 21.2.